The Morgan fingerprint density at radius 1 is 1.04 bits per heavy atom. The van der Waals surface area contributed by atoms with Gasteiger partial charge in [-0.2, -0.15) is 0 Å². The molecule has 3 atom stereocenters. The summed E-state index contributed by atoms with van der Waals surface area (Å²) in [4.78, 5) is 10.8. The highest BCUT2D eigenvalue weighted by Crippen LogP contribution is 2.30. The van der Waals surface area contributed by atoms with Crippen molar-refractivity contribution in [2.45, 2.75) is 38.9 Å². The molecule has 0 aliphatic carbocycles. The molecule has 0 saturated carbocycles. The summed E-state index contributed by atoms with van der Waals surface area (Å²) in [5, 5.41) is 8.86. The fourth-order valence-corrected chi connectivity index (χ4v) is 2.81. The Bertz CT molecular complexity index is 640. The molecule has 1 N–H and O–H groups in total. The van der Waals surface area contributed by atoms with Crippen molar-refractivity contribution in [3.8, 4) is 0 Å². The molecule has 2 aromatic carbocycles. The molecule has 0 aromatic heterocycles. The number of carboxylic acid groups (broad SMARTS) is 1. The summed E-state index contributed by atoms with van der Waals surface area (Å²) in [7, 11) is 0. The number of ether oxygens (including phenoxy) is 1. The van der Waals surface area contributed by atoms with Crippen LogP contribution in [0.2, 0.25) is 0 Å². The number of aliphatic carboxylic acids is 1. The number of carboxylic acids is 1. The van der Waals surface area contributed by atoms with E-state index < -0.39 is 5.97 Å². The standard InChI is InChI=1S/C20H23BrO3/c1-14(8-13-19(22)23)15(2)24-20(16-6-4-3-5-7-16)17-9-11-18(21)12-10-17/h3-7,9-12,14-15,20H,8,13H2,1-2H3,(H,22,23). The molecule has 2 aromatic rings. The van der Waals surface area contributed by atoms with E-state index in [9.17, 15) is 4.79 Å². The quantitative estimate of drug-likeness (QED) is 0.651. The van der Waals surface area contributed by atoms with Crippen LogP contribution < -0.4 is 0 Å². The highest BCUT2D eigenvalue weighted by atomic mass is 79.9. The Hall–Kier alpha value is -1.65. The highest BCUT2D eigenvalue weighted by molar-refractivity contribution is 9.10. The lowest BCUT2D eigenvalue weighted by Crippen LogP contribution is -2.22. The van der Waals surface area contributed by atoms with Crippen molar-refractivity contribution in [2.24, 2.45) is 5.92 Å². The minimum atomic E-state index is -0.762. The van der Waals surface area contributed by atoms with Crippen LogP contribution in [0.25, 0.3) is 0 Å². The molecule has 0 aliphatic heterocycles. The van der Waals surface area contributed by atoms with Gasteiger partial charge in [0.1, 0.15) is 6.10 Å². The second kappa shape index (κ2) is 9.00. The van der Waals surface area contributed by atoms with Crippen LogP contribution in [0.1, 0.15) is 43.9 Å². The van der Waals surface area contributed by atoms with Crippen LogP contribution in [-0.4, -0.2) is 17.2 Å². The average molecular weight is 391 g/mol. The summed E-state index contributed by atoms with van der Waals surface area (Å²) in [5.41, 5.74) is 2.18. The van der Waals surface area contributed by atoms with E-state index in [0.29, 0.717) is 6.42 Å². The van der Waals surface area contributed by atoms with E-state index in [2.05, 4.69) is 40.2 Å². The third kappa shape index (κ3) is 5.46. The molecule has 0 fully saturated rings. The molecule has 3 nitrogen and oxygen atoms in total. The molecule has 2 rings (SSSR count). The minimum Gasteiger partial charge on any atom is -0.481 e. The van der Waals surface area contributed by atoms with E-state index >= 15 is 0 Å². The highest BCUT2D eigenvalue weighted by Gasteiger charge is 2.22. The lowest BCUT2D eigenvalue weighted by Gasteiger charge is -2.27. The van der Waals surface area contributed by atoms with Gasteiger partial charge in [-0.1, -0.05) is 65.3 Å². The number of halogens is 1. The van der Waals surface area contributed by atoms with Gasteiger partial charge in [0, 0.05) is 10.9 Å². The zero-order chi connectivity index (χ0) is 17.5. The summed E-state index contributed by atoms with van der Waals surface area (Å²) in [6.07, 6.45) is 0.571. The molecule has 0 heterocycles. The predicted molar refractivity (Wildman–Crippen MR) is 99.0 cm³/mol. The Labute approximate surface area is 151 Å². The van der Waals surface area contributed by atoms with Crippen LogP contribution in [-0.2, 0) is 9.53 Å². The molecule has 3 unspecified atom stereocenters. The van der Waals surface area contributed by atoms with Crippen molar-refractivity contribution in [1.82, 2.24) is 0 Å². The molecule has 0 bridgehead atoms. The maximum atomic E-state index is 10.8. The third-order valence-electron chi connectivity index (χ3n) is 4.24. The Kier molecular flexibility index (Phi) is 7.00. The second-order valence-corrected chi connectivity index (χ2v) is 7.01. The van der Waals surface area contributed by atoms with Gasteiger partial charge in [0.15, 0.2) is 0 Å². The number of benzene rings is 2. The summed E-state index contributed by atoms with van der Waals surface area (Å²) in [6.45, 7) is 4.05. The third-order valence-corrected chi connectivity index (χ3v) is 4.77. The lowest BCUT2D eigenvalue weighted by molar-refractivity contribution is -0.137. The fourth-order valence-electron chi connectivity index (χ4n) is 2.55. The molecule has 4 heteroatoms. The molecule has 0 spiro atoms. The van der Waals surface area contributed by atoms with Crippen LogP contribution in [0.5, 0.6) is 0 Å². The number of hydrogen-bond donors (Lipinski definition) is 1. The second-order valence-electron chi connectivity index (χ2n) is 6.09. The molecule has 0 radical (unpaired) electrons. The summed E-state index contributed by atoms with van der Waals surface area (Å²) in [5.74, 6) is -0.593. The van der Waals surface area contributed by atoms with Gasteiger partial charge in [-0.25, -0.2) is 0 Å². The first-order valence-corrected chi connectivity index (χ1v) is 8.94. The van der Waals surface area contributed by atoms with Gasteiger partial charge in [-0.3, -0.25) is 4.79 Å². The molecule has 0 amide bonds. The summed E-state index contributed by atoms with van der Waals surface area (Å²) < 4.78 is 7.38. The van der Waals surface area contributed by atoms with Crippen molar-refractivity contribution in [2.75, 3.05) is 0 Å². The van der Waals surface area contributed by atoms with Gasteiger partial charge in [-0.15, -0.1) is 0 Å². The maximum absolute atomic E-state index is 10.8. The van der Waals surface area contributed by atoms with Gasteiger partial charge in [0.2, 0.25) is 0 Å². The van der Waals surface area contributed by atoms with Gasteiger partial charge >= 0.3 is 5.97 Å². The predicted octanol–water partition coefficient (Wildman–Crippen LogP) is 5.44. The van der Waals surface area contributed by atoms with E-state index in [1.54, 1.807) is 0 Å². The van der Waals surface area contributed by atoms with E-state index in [1.165, 1.54) is 0 Å². The summed E-state index contributed by atoms with van der Waals surface area (Å²) >= 11 is 3.46. The first-order valence-electron chi connectivity index (χ1n) is 8.15. The van der Waals surface area contributed by atoms with Gasteiger partial charge in [-0.05, 0) is 42.5 Å². The number of rotatable bonds is 8. The number of hydrogen-bond acceptors (Lipinski definition) is 2. The smallest absolute Gasteiger partial charge is 0.303 e. The fraction of sp³-hybridized carbons (Fsp3) is 0.350. The molecular weight excluding hydrogens is 368 g/mol. The monoisotopic (exact) mass is 390 g/mol. The van der Waals surface area contributed by atoms with Crippen molar-refractivity contribution in [3.63, 3.8) is 0 Å². The van der Waals surface area contributed by atoms with E-state index in [-0.39, 0.29) is 24.5 Å². The molecule has 0 saturated heterocycles. The van der Waals surface area contributed by atoms with Crippen molar-refractivity contribution >= 4 is 21.9 Å². The molecule has 0 aliphatic rings. The van der Waals surface area contributed by atoms with Crippen molar-refractivity contribution < 1.29 is 14.6 Å². The van der Waals surface area contributed by atoms with Crippen molar-refractivity contribution in [3.05, 3.63) is 70.2 Å². The Morgan fingerprint density at radius 3 is 2.21 bits per heavy atom. The van der Waals surface area contributed by atoms with Gasteiger partial charge in [0.25, 0.3) is 0 Å². The topological polar surface area (TPSA) is 46.5 Å². The lowest BCUT2D eigenvalue weighted by atomic mass is 9.97. The maximum Gasteiger partial charge on any atom is 0.303 e. The average Bonchev–Trinajstić information content (AvgIpc) is 2.59. The first-order chi connectivity index (χ1) is 11.5. The SMILES string of the molecule is CC(CCC(=O)O)C(C)OC(c1ccccc1)c1ccc(Br)cc1. The zero-order valence-electron chi connectivity index (χ0n) is 14.0. The van der Waals surface area contributed by atoms with Gasteiger partial charge < -0.3 is 9.84 Å². The van der Waals surface area contributed by atoms with Gasteiger partial charge in [0.05, 0.1) is 6.10 Å². The van der Waals surface area contributed by atoms with Crippen LogP contribution in [0.3, 0.4) is 0 Å². The normalized spacial score (nSPS) is 14.8. The van der Waals surface area contributed by atoms with E-state index in [1.807, 2.05) is 44.2 Å². The van der Waals surface area contributed by atoms with Crippen LogP contribution in [0, 0.1) is 5.92 Å². The van der Waals surface area contributed by atoms with Crippen LogP contribution in [0.15, 0.2) is 59.1 Å². The summed E-state index contributed by atoms with van der Waals surface area (Å²) in [6, 6.07) is 18.2. The molecule has 24 heavy (non-hydrogen) atoms. The van der Waals surface area contributed by atoms with Crippen LogP contribution in [0.4, 0.5) is 0 Å². The van der Waals surface area contributed by atoms with Crippen molar-refractivity contribution in [1.29, 1.82) is 0 Å². The van der Waals surface area contributed by atoms with E-state index in [0.717, 1.165) is 15.6 Å². The number of carbonyl (C=O) groups is 1. The Balaban J connectivity index is 2.17. The molecule has 128 valence electrons. The minimum absolute atomic E-state index is 0.0433. The largest absolute Gasteiger partial charge is 0.481 e. The van der Waals surface area contributed by atoms with E-state index in [4.69, 9.17) is 9.84 Å². The van der Waals surface area contributed by atoms with Crippen LogP contribution >= 0.6 is 15.9 Å². The Morgan fingerprint density at radius 2 is 1.62 bits per heavy atom. The first kappa shape index (κ1) is 18.7. The molecular formula is C20H23BrO3. The zero-order valence-corrected chi connectivity index (χ0v) is 15.6.